The average molecular weight is 198 g/mol. The van der Waals surface area contributed by atoms with Gasteiger partial charge in [-0.15, -0.1) is 0 Å². The van der Waals surface area contributed by atoms with E-state index in [1.807, 2.05) is 20.8 Å². The van der Waals surface area contributed by atoms with Gasteiger partial charge < -0.3 is 10.6 Å². The fourth-order valence-corrected chi connectivity index (χ4v) is 1.12. The molecule has 0 spiro atoms. The van der Waals surface area contributed by atoms with E-state index in [0.29, 0.717) is 0 Å². The van der Waals surface area contributed by atoms with Crippen molar-refractivity contribution in [2.45, 2.75) is 39.2 Å². The molecule has 0 radical (unpaired) electrons. The van der Waals surface area contributed by atoms with Crippen molar-refractivity contribution in [3.8, 4) is 0 Å². The summed E-state index contributed by atoms with van der Waals surface area (Å²) in [5.41, 5.74) is -0.235. The Kier molecular flexibility index (Phi) is 3.13. The smallest absolute Gasteiger partial charge is 0.239 e. The second-order valence-corrected chi connectivity index (χ2v) is 4.79. The summed E-state index contributed by atoms with van der Waals surface area (Å²) in [7, 11) is 0. The van der Waals surface area contributed by atoms with Gasteiger partial charge in [-0.25, -0.2) is 0 Å². The molecule has 4 heteroatoms. The summed E-state index contributed by atoms with van der Waals surface area (Å²) in [5, 5.41) is 5.40. The zero-order chi connectivity index (χ0) is 10.8. The van der Waals surface area contributed by atoms with Crippen molar-refractivity contribution < 1.29 is 9.59 Å². The Hall–Kier alpha value is -1.06. The maximum atomic E-state index is 11.3. The fraction of sp³-hybridized carbons (Fsp3) is 0.800. The van der Waals surface area contributed by atoms with E-state index < -0.39 is 0 Å². The minimum Gasteiger partial charge on any atom is -0.350 e. The van der Waals surface area contributed by atoms with Crippen LogP contribution in [-0.4, -0.2) is 23.9 Å². The maximum absolute atomic E-state index is 11.3. The minimum absolute atomic E-state index is 0.00839. The zero-order valence-corrected chi connectivity index (χ0v) is 9.02. The van der Waals surface area contributed by atoms with Crippen molar-refractivity contribution in [3.05, 3.63) is 0 Å². The number of carbonyl (C=O) groups excluding carboxylic acids is 2. The van der Waals surface area contributed by atoms with E-state index >= 15 is 0 Å². The normalized spacial score (nSPS) is 16.2. The Morgan fingerprint density at radius 1 is 1.29 bits per heavy atom. The average Bonchev–Trinajstić information content (AvgIpc) is 2.78. The molecular weight excluding hydrogens is 180 g/mol. The van der Waals surface area contributed by atoms with Gasteiger partial charge in [-0.1, -0.05) is 0 Å². The predicted octanol–water partition coefficient (Wildman–Crippen LogP) is 0.427. The first kappa shape index (κ1) is 11.0. The Morgan fingerprint density at radius 2 is 1.86 bits per heavy atom. The molecule has 1 rings (SSSR count). The van der Waals surface area contributed by atoms with Crippen LogP contribution in [0.2, 0.25) is 0 Å². The first-order chi connectivity index (χ1) is 6.38. The summed E-state index contributed by atoms with van der Waals surface area (Å²) in [4.78, 5) is 22.5. The van der Waals surface area contributed by atoms with Crippen LogP contribution in [0.3, 0.4) is 0 Å². The highest BCUT2D eigenvalue weighted by Crippen LogP contribution is 2.28. The quantitative estimate of drug-likeness (QED) is 0.690. The lowest BCUT2D eigenvalue weighted by Crippen LogP contribution is -2.46. The number of nitrogens with one attached hydrogen (secondary N) is 2. The molecular formula is C10H18N2O2. The predicted molar refractivity (Wildman–Crippen MR) is 53.6 cm³/mol. The van der Waals surface area contributed by atoms with E-state index in [4.69, 9.17) is 0 Å². The molecule has 1 fully saturated rings. The van der Waals surface area contributed by atoms with E-state index in [0.717, 1.165) is 12.8 Å². The fourth-order valence-electron chi connectivity index (χ4n) is 1.12. The summed E-state index contributed by atoms with van der Waals surface area (Å²) in [5.74, 6) is 0.0398. The molecule has 1 aliphatic rings. The number of rotatable bonds is 3. The highest BCUT2D eigenvalue weighted by atomic mass is 16.2. The molecule has 0 aromatic rings. The van der Waals surface area contributed by atoms with Gasteiger partial charge in [0, 0.05) is 11.5 Å². The van der Waals surface area contributed by atoms with Crippen LogP contribution >= 0.6 is 0 Å². The molecule has 0 unspecified atom stereocenters. The molecule has 1 saturated carbocycles. The minimum atomic E-state index is -0.235. The second-order valence-electron chi connectivity index (χ2n) is 4.79. The third kappa shape index (κ3) is 4.25. The molecule has 4 nitrogen and oxygen atoms in total. The summed E-state index contributed by atoms with van der Waals surface area (Å²) in [6.07, 6.45) is 1.93. The molecule has 0 atom stereocenters. The highest BCUT2D eigenvalue weighted by molar-refractivity contribution is 5.87. The van der Waals surface area contributed by atoms with E-state index in [9.17, 15) is 9.59 Å². The Morgan fingerprint density at radius 3 is 2.29 bits per heavy atom. The van der Waals surface area contributed by atoms with Gasteiger partial charge in [0.1, 0.15) is 0 Å². The van der Waals surface area contributed by atoms with Gasteiger partial charge >= 0.3 is 0 Å². The topological polar surface area (TPSA) is 58.2 Å². The van der Waals surface area contributed by atoms with Crippen LogP contribution in [0, 0.1) is 5.92 Å². The molecule has 80 valence electrons. The first-order valence-electron chi connectivity index (χ1n) is 4.97. The highest BCUT2D eigenvalue weighted by Gasteiger charge is 2.29. The molecule has 14 heavy (non-hydrogen) atoms. The van der Waals surface area contributed by atoms with Crippen LogP contribution in [0.25, 0.3) is 0 Å². The molecule has 0 aliphatic heterocycles. The zero-order valence-electron chi connectivity index (χ0n) is 9.02. The van der Waals surface area contributed by atoms with Crippen LogP contribution in [0.1, 0.15) is 33.6 Å². The summed E-state index contributed by atoms with van der Waals surface area (Å²) in [6.45, 7) is 5.82. The molecule has 2 N–H and O–H groups in total. The molecule has 0 saturated heterocycles. The van der Waals surface area contributed by atoms with Crippen LogP contribution in [0.15, 0.2) is 0 Å². The van der Waals surface area contributed by atoms with E-state index in [2.05, 4.69) is 10.6 Å². The van der Waals surface area contributed by atoms with Gasteiger partial charge in [-0.2, -0.15) is 0 Å². The molecule has 2 amide bonds. The van der Waals surface area contributed by atoms with Crippen molar-refractivity contribution in [1.29, 1.82) is 0 Å². The number of hydrogen-bond acceptors (Lipinski definition) is 2. The Balaban J connectivity index is 2.17. The lowest BCUT2D eigenvalue weighted by atomic mass is 10.1. The summed E-state index contributed by atoms with van der Waals surface area (Å²) in [6, 6.07) is 0. The standard InChI is InChI=1S/C10H18N2O2/c1-10(2,3)12-8(13)6-11-9(14)7-4-5-7/h7H,4-6H2,1-3H3,(H,11,14)(H,12,13). The van der Waals surface area contributed by atoms with Crippen LogP contribution in [0.5, 0.6) is 0 Å². The largest absolute Gasteiger partial charge is 0.350 e. The van der Waals surface area contributed by atoms with Crippen LogP contribution < -0.4 is 10.6 Å². The van der Waals surface area contributed by atoms with Gasteiger partial charge in [0.25, 0.3) is 0 Å². The molecule has 0 aromatic heterocycles. The maximum Gasteiger partial charge on any atom is 0.239 e. The molecule has 0 heterocycles. The van der Waals surface area contributed by atoms with Crippen molar-refractivity contribution in [3.63, 3.8) is 0 Å². The monoisotopic (exact) mass is 198 g/mol. The Bertz CT molecular complexity index is 239. The van der Waals surface area contributed by atoms with Gasteiger partial charge in [0.05, 0.1) is 6.54 Å². The summed E-state index contributed by atoms with van der Waals surface area (Å²) >= 11 is 0. The lowest BCUT2D eigenvalue weighted by Gasteiger charge is -2.20. The van der Waals surface area contributed by atoms with Crippen molar-refractivity contribution in [2.75, 3.05) is 6.54 Å². The van der Waals surface area contributed by atoms with Gasteiger partial charge in [-0.3, -0.25) is 9.59 Å². The van der Waals surface area contributed by atoms with Crippen LogP contribution in [0.4, 0.5) is 0 Å². The molecule has 1 aliphatic carbocycles. The van der Waals surface area contributed by atoms with E-state index in [1.54, 1.807) is 0 Å². The number of amides is 2. The van der Waals surface area contributed by atoms with Crippen LogP contribution in [-0.2, 0) is 9.59 Å². The first-order valence-corrected chi connectivity index (χ1v) is 4.97. The van der Waals surface area contributed by atoms with Crippen molar-refractivity contribution in [2.24, 2.45) is 5.92 Å². The lowest BCUT2D eigenvalue weighted by molar-refractivity contribution is -0.127. The van der Waals surface area contributed by atoms with E-state index in [-0.39, 0.29) is 29.8 Å². The summed E-state index contributed by atoms with van der Waals surface area (Å²) < 4.78 is 0. The third-order valence-corrected chi connectivity index (χ3v) is 1.89. The number of carbonyl (C=O) groups is 2. The van der Waals surface area contributed by atoms with Gasteiger partial charge in [0.2, 0.25) is 11.8 Å². The van der Waals surface area contributed by atoms with Gasteiger partial charge in [0.15, 0.2) is 0 Å². The van der Waals surface area contributed by atoms with E-state index in [1.165, 1.54) is 0 Å². The third-order valence-electron chi connectivity index (χ3n) is 1.89. The van der Waals surface area contributed by atoms with Crippen molar-refractivity contribution >= 4 is 11.8 Å². The molecule has 0 bridgehead atoms. The second kappa shape index (κ2) is 3.98. The SMILES string of the molecule is CC(C)(C)NC(=O)CNC(=O)C1CC1. The van der Waals surface area contributed by atoms with Gasteiger partial charge in [-0.05, 0) is 33.6 Å². The Labute approximate surface area is 84.4 Å². The molecule has 0 aromatic carbocycles. The number of hydrogen-bond donors (Lipinski definition) is 2. The van der Waals surface area contributed by atoms with Crippen molar-refractivity contribution in [1.82, 2.24) is 10.6 Å².